The lowest BCUT2D eigenvalue weighted by Crippen LogP contribution is -2.52. The third-order valence-corrected chi connectivity index (χ3v) is 6.49. The highest BCUT2D eigenvalue weighted by Gasteiger charge is 2.30. The van der Waals surface area contributed by atoms with Crippen LogP contribution in [0.2, 0.25) is 0 Å². The summed E-state index contributed by atoms with van der Waals surface area (Å²) >= 11 is 1.50. The van der Waals surface area contributed by atoms with E-state index in [1.165, 1.54) is 21.8 Å². The van der Waals surface area contributed by atoms with Crippen LogP contribution in [0.5, 0.6) is 0 Å². The Kier molecular flexibility index (Phi) is 6.58. The summed E-state index contributed by atoms with van der Waals surface area (Å²) in [5.74, 6) is -0.396. The van der Waals surface area contributed by atoms with Crippen LogP contribution in [0.25, 0.3) is 0 Å². The average Bonchev–Trinajstić information content (AvgIpc) is 3.00. The molecule has 1 aromatic heterocycles. The van der Waals surface area contributed by atoms with Gasteiger partial charge in [0, 0.05) is 10.3 Å². The Morgan fingerprint density at radius 3 is 2.32 bits per heavy atom. The number of rotatable bonds is 3. The summed E-state index contributed by atoms with van der Waals surface area (Å²) in [6.45, 7) is 13.7. The molecular weight excluding hydrogens is 374 g/mol. The van der Waals surface area contributed by atoms with E-state index < -0.39 is 17.4 Å². The molecule has 1 heterocycles. The summed E-state index contributed by atoms with van der Waals surface area (Å²) in [5.41, 5.74) is 5.78. The zero-order valence-corrected chi connectivity index (χ0v) is 18.8. The molecule has 3 N–H and O–H groups in total. The van der Waals surface area contributed by atoms with Crippen molar-refractivity contribution >= 4 is 29.1 Å². The van der Waals surface area contributed by atoms with E-state index in [1.807, 2.05) is 6.07 Å². The molecule has 2 rings (SSSR count). The lowest BCUT2D eigenvalue weighted by atomic mass is 9.72. The average molecular weight is 408 g/mol. The van der Waals surface area contributed by atoms with Crippen LogP contribution in [-0.2, 0) is 22.4 Å². The number of hydrogen-bond acceptors (Lipinski definition) is 4. The van der Waals surface area contributed by atoms with Crippen molar-refractivity contribution in [2.45, 2.75) is 73.8 Å². The number of aryl methyl sites for hydroxylation is 1. The zero-order chi connectivity index (χ0) is 21.3. The minimum Gasteiger partial charge on any atom is -0.344 e. The molecule has 1 aromatic rings. The first kappa shape index (κ1) is 22.4. The van der Waals surface area contributed by atoms with Gasteiger partial charge in [0.25, 0.3) is 11.8 Å². The lowest BCUT2D eigenvalue weighted by Gasteiger charge is -2.33. The zero-order valence-electron chi connectivity index (χ0n) is 18.0. The molecule has 0 fully saturated rings. The highest BCUT2D eigenvalue weighted by Crippen LogP contribution is 2.40. The highest BCUT2D eigenvalue weighted by atomic mass is 32.1. The van der Waals surface area contributed by atoms with Gasteiger partial charge in [0.05, 0.1) is 4.88 Å². The Morgan fingerprint density at radius 1 is 1.11 bits per heavy atom. The van der Waals surface area contributed by atoms with Gasteiger partial charge in [-0.2, -0.15) is 0 Å². The van der Waals surface area contributed by atoms with Crippen molar-refractivity contribution in [1.82, 2.24) is 16.2 Å². The first-order valence-electron chi connectivity index (χ1n) is 9.81. The topological polar surface area (TPSA) is 87.3 Å². The molecule has 1 aliphatic rings. The first-order chi connectivity index (χ1) is 12.8. The summed E-state index contributed by atoms with van der Waals surface area (Å²) in [6, 6.07) is 1.21. The van der Waals surface area contributed by atoms with Crippen LogP contribution in [0.4, 0.5) is 0 Å². The Bertz CT molecular complexity index is 756. The largest absolute Gasteiger partial charge is 0.344 e. The molecule has 2 atom stereocenters. The molecular formula is C21H33N3O3S. The predicted octanol–water partition coefficient (Wildman–Crippen LogP) is 3.21. The molecule has 28 heavy (non-hydrogen) atoms. The second kappa shape index (κ2) is 8.23. The van der Waals surface area contributed by atoms with Crippen LogP contribution >= 0.6 is 11.3 Å². The van der Waals surface area contributed by atoms with E-state index in [2.05, 4.69) is 36.9 Å². The molecule has 0 unspecified atom stereocenters. The fraction of sp³-hybridized carbons (Fsp3) is 0.667. The normalized spacial score (nSPS) is 18.0. The van der Waals surface area contributed by atoms with E-state index in [-0.39, 0.29) is 17.2 Å². The Morgan fingerprint density at radius 2 is 1.75 bits per heavy atom. The van der Waals surface area contributed by atoms with Crippen molar-refractivity contribution in [3.8, 4) is 0 Å². The molecule has 3 amide bonds. The van der Waals surface area contributed by atoms with Gasteiger partial charge in [-0.3, -0.25) is 25.2 Å². The number of thiophene rings is 1. The quantitative estimate of drug-likeness (QED) is 0.673. The molecule has 0 aliphatic heterocycles. The van der Waals surface area contributed by atoms with E-state index in [0.29, 0.717) is 10.8 Å². The van der Waals surface area contributed by atoms with Gasteiger partial charge in [-0.15, -0.1) is 11.3 Å². The van der Waals surface area contributed by atoms with Crippen molar-refractivity contribution in [3.05, 3.63) is 21.4 Å². The molecule has 0 radical (unpaired) electrons. The van der Waals surface area contributed by atoms with Gasteiger partial charge in [-0.1, -0.05) is 41.5 Å². The van der Waals surface area contributed by atoms with Gasteiger partial charge in [-0.05, 0) is 49.1 Å². The fourth-order valence-corrected chi connectivity index (χ4v) is 4.25. The van der Waals surface area contributed by atoms with Crippen LogP contribution < -0.4 is 16.2 Å². The van der Waals surface area contributed by atoms with Crippen molar-refractivity contribution in [1.29, 1.82) is 0 Å². The SMILES string of the molecule is C[C@@H](NC(=O)C(C)(C)C)C(=O)NNC(=O)c1cc2c(s1)CC[C@@H](C(C)(C)C)C2. The molecule has 0 spiro atoms. The monoisotopic (exact) mass is 407 g/mol. The minimum absolute atomic E-state index is 0.221. The summed E-state index contributed by atoms with van der Waals surface area (Å²) in [6.07, 6.45) is 3.13. The maximum absolute atomic E-state index is 12.4. The Labute approximate surface area is 171 Å². The van der Waals surface area contributed by atoms with Gasteiger partial charge in [0.1, 0.15) is 6.04 Å². The van der Waals surface area contributed by atoms with Gasteiger partial charge < -0.3 is 5.32 Å². The summed E-state index contributed by atoms with van der Waals surface area (Å²) in [4.78, 5) is 38.4. The maximum Gasteiger partial charge on any atom is 0.279 e. The first-order valence-corrected chi connectivity index (χ1v) is 10.6. The van der Waals surface area contributed by atoms with Crippen LogP contribution in [0.1, 0.15) is 75.0 Å². The van der Waals surface area contributed by atoms with Crippen molar-refractivity contribution < 1.29 is 14.4 Å². The smallest absolute Gasteiger partial charge is 0.279 e. The molecule has 1 aliphatic carbocycles. The van der Waals surface area contributed by atoms with E-state index in [4.69, 9.17) is 0 Å². The number of carbonyl (C=O) groups is 3. The van der Waals surface area contributed by atoms with Crippen LogP contribution in [0.3, 0.4) is 0 Å². The molecule has 156 valence electrons. The van der Waals surface area contributed by atoms with Crippen LogP contribution in [0, 0.1) is 16.7 Å². The number of fused-ring (bicyclic) bond motifs is 1. The van der Waals surface area contributed by atoms with Crippen LogP contribution in [-0.4, -0.2) is 23.8 Å². The summed E-state index contributed by atoms with van der Waals surface area (Å²) < 4.78 is 0. The number of amides is 3. The third-order valence-electron chi connectivity index (χ3n) is 5.25. The van der Waals surface area contributed by atoms with E-state index in [9.17, 15) is 14.4 Å². The molecule has 0 aromatic carbocycles. The number of nitrogens with one attached hydrogen (secondary N) is 3. The number of hydrogen-bond donors (Lipinski definition) is 3. The van der Waals surface area contributed by atoms with E-state index in [0.717, 1.165) is 19.3 Å². The summed E-state index contributed by atoms with van der Waals surface area (Å²) in [7, 11) is 0. The standard InChI is InChI=1S/C21H33N3O3S/c1-12(22-19(27)21(5,6)7)17(25)23-24-18(26)16-11-13-10-14(20(2,3)4)8-9-15(13)28-16/h11-12,14H,8-10H2,1-7H3,(H,22,27)(H,23,25)(H,24,26)/t12-,14-/m1/s1. The van der Waals surface area contributed by atoms with Crippen molar-refractivity contribution in [2.75, 3.05) is 0 Å². The fourth-order valence-electron chi connectivity index (χ4n) is 3.14. The second-order valence-corrected chi connectivity index (χ2v) is 10.9. The summed E-state index contributed by atoms with van der Waals surface area (Å²) in [5, 5.41) is 2.64. The molecule has 6 nitrogen and oxygen atoms in total. The molecule has 0 bridgehead atoms. The third kappa shape index (κ3) is 5.56. The molecule has 0 saturated carbocycles. The Balaban J connectivity index is 1.91. The molecule has 7 heteroatoms. The van der Waals surface area contributed by atoms with E-state index in [1.54, 1.807) is 27.7 Å². The van der Waals surface area contributed by atoms with Gasteiger partial charge >= 0.3 is 0 Å². The van der Waals surface area contributed by atoms with Crippen molar-refractivity contribution in [2.24, 2.45) is 16.7 Å². The lowest BCUT2D eigenvalue weighted by molar-refractivity contribution is -0.133. The maximum atomic E-state index is 12.4. The van der Waals surface area contributed by atoms with E-state index >= 15 is 0 Å². The number of hydrazine groups is 1. The molecule has 0 saturated heterocycles. The van der Waals surface area contributed by atoms with Gasteiger partial charge in [0.15, 0.2) is 0 Å². The highest BCUT2D eigenvalue weighted by molar-refractivity contribution is 7.14. The predicted molar refractivity (Wildman–Crippen MR) is 112 cm³/mol. The number of carbonyl (C=O) groups excluding carboxylic acids is 3. The van der Waals surface area contributed by atoms with Gasteiger partial charge in [-0.25, -0.2) is 0 Å². The van der Waals surface area contributed by atoms with Crippen LogP contribution in [0.15, 0.2) is 6.07 Å². The van der Waals surface area contributed by atoms with Gasteiger partial charge in [0.2, 0.25) is 5.91 Å². The minimum atomic E-state index is -0.740. The van der Waals surface area contributed by atoms with Crippen molar-refractivity contribution in [3.63, 3.8) is 0 Å². The Hall–Kier alpha value is -1.89. The second-order valence-electron chi connectivity index (χ2n) is 9.75.